The van der Waals surface area contributed by atoms with Crippen LogP contribution in [0.4, 0.5) is 0 Å². The van der Waals surface area contributed by atoms with Crippen LogP contribution < -0.4 is 9.47 Å². The van der Waals surface area contributed by atoms with Crippen LogP contribution in [0.1, 0.15) is 36.1 Å². The van der Waals surface area contributed by atoms with Gasteiger partial charge in [-0.1, -0.05) is 42.8 Å². The van der Waals surface area contributed by atoms with Crippen molar-refractivity contribution in [2.24, 2.45) is 0 Å². The minimum atomic E-state index is -0.749. The number of morpholine rings is 1. The van der Waals surface area contributed by atoms with Crippen LogP contribution in [-0.4, -0.2) is 79.7 Å². The molecule has 0 spiro atoms. The Morgan fingerprint density at radius 1 is 1.06 bits per heavy atom. The molecular weight excluding hydrogens is 460 g/mol. The number of hydrogen-bond acceptors (Lipinski definition) is 7. The van der Waals surface area contributed by atoms with E-state index in [2.05, 4.69) is 4.90 Å². The number of aliphatic hydroxyl groups excluding tert-OH is 1. The topological polar surface area (TPSA) is 88.5 Å². The minimum Gasteiger partial charge on any atom is -0.507 e. The summed E-state index contributed by atoms with van der Waals surface area (Å²) in [5.74, 6) is -0.392. The van der Waals surface area contributed by atoms with Gasteiger partial charge in [0.1, 0.15) is 5.76 Å². The van der Waals surface area contributed by atoms with Gasteiger partial charge < -0.3 is 24.2 Å². The Balaban J connectivity index is 1.75. The van der Waals surface area contributed by atoms with Crippen molar-refractivity contribution >= 4 is 17.4 Å². The third kappa shape index (κ3) is 5.39. The standard InChI is InChI=1S/C28H34N2O6/c1-4-15-36-22-10-9-21(18-23(22)34-3)25-24(26(31)20-7-5-19(2)6-8-20)27(32)28(33)30(25)12-11-29-13-16-35-17-14-29/h5-10,18,25,31H,4,11-17H2,1-3H3/b26-24+/t25-/m0/s1. The zero-order valence-corrected chi connectivity index (χ0v) is 21.2. The quantitative estimate of drug-likeness (QED) is 0.324. The molecule has 0 saturated carbocycles. The first-order chi connectivity index (χ1) is 17.4. The SMILES string of the molecule is CCCOc1ccc([C@H]2/C(=C(\O)c3ccc(C)cc3)C(=O)C(=O)N2CCN2CCOCC2)cc1OC. The second-order valence-corrected chi connectivity index (χ2v) is 9.07. The first-order valence-corrected chi connectivity index (χ1v) is 12.4. The predicted octanol–water partition coefficient (Wildman–Crippen LogP) is 3.55. The van der Waals surface area contributed by atoms with E-state index in [1.807, 2.05) is 32.0 Å². The van der Waals surface area contributed by atoms with Gasteiger partial charge in [-0.25, -0.2) is 0 Å². The molecule has 2 aromatic carbocycles. The smallest absolute Gasteiger partial charge is 0.295 e. The molecule has 8 nitrogen and oxygen atoms in total. The molecule has 1 N–H and O–H groups in total. The largest absolute Gasteiger partial charge is 0.507 e. The van der Waals surface area contributed by atoms with Crippen molar-refractivity contribution < 1.29 is 28.9 Å². The van der Waals surface area contributed by atoms with Gasteiger partial charge in [0.2, 0.25) is 0 Å². The lowest BCUT2D eigenvalue weighted by molar-refractivity contribution is -0.140. The van der Waals surface area contributed by atoms with Crippen molar-refractivity contribution in [2.45, 2.75) is 26.3 Å². The van der Waals surface area contributed by atoms with Crippen LogP contribution >= 0.6 is 0 Å². The van der Waals surface area contributed by atoms with Gasteiger partial charge in [-0.15, -0.1) is 0 Å². The summed E-state index contributed by atoms with van der Waals surface area (Å²) in [6.07, 6.45) is 0.850. The van der Waals surface area contributed by atoms with Crippen molar-refractivity contribution in [3.8, 4) is 11.5 Å². The number of likely N-dealkylation sites (tertiary alicyclic amines) is 1. The molecule has 2 saturated heterocycles. The van der Waals surface area contributed by atoms with Gasteiger partial charge in [-0.2, -0.15) is 0 Å². The van der Waals surface area contributed by atoms with Crippen molar-refractivity contribution in [2.75, 3.05) is 53.1 Å². The number of nitrogens with zero attached hydrogens (tertiary/aromatic N) is 2. The van der Waals surface area contributed by atoms with Gasteiger partial charge in [-0.3, -0.25) is 14.5 Å². The summed E-state index contributed by atoms with van der Waals surface area (Å²) >= 11 is 0. The van der Waals surface area contributed by atoms with Crippen LogP contribution in [-0.2, 0) is 14.3 Å². The average Bonchev–Trinajstić information content (AvgIpc) is 3.16. The second kappa shape index (κ2) is 11.6. The van der Waals surface area contributed by atoms with Crippen LogP contribution in [0, 0.1) is 6.92 Å². The van der Waals surface area contributed by atoms with E-state index in [1.165, 1.54) is 0 Å². The van der Waals surface area contributed by atoms with Crippen molar-refractivity contribution in [3.63, 3.8) is 0 Å². The normalized spacial score (nSPS) is 20.1. The van der Waals surface area contributed by atoms with E-state index in [9.17, 15) is 14.7 Å². The van der Waals surface area contributed by atoms with E-state index in [0.717, 1.165) is 25.1 Å². The molecule has 2 fully saturated rings. The number of methoxy groups -OCH3 is 1. The molecule has 2 aromatic rings. The van der Waals surface area contributed by atoms with Crippen LogP contribution in [0.5, 0.6) is 11.5 Å². The molecule has 1 atom stereocenters. The van der Waals surface area contributed by atoms with Gasteiger partial charge in [0, 0.05) is 31.7 Å². The molecule has 4 rings (SSSR count). The zero-order valence-electron chi connectivity index (χ0n) is 21.2. The number of rotatable bonds is 9. The van der Waals surface area contributed by atoms with Crippen molar-refractivity contribution in [3.05, 3.63) is 64.7 Å². The molecule has 0 aliphatic carbocycles. The first-order valence-electron chi connectivity index (χ1n) is 12.4. The van der Waals surface area contributed by atoms with E-state index in [-0.39, 0.29) is 11.3 Å². The molecule has 0 unspecified atom stereocenters. The molecule has 0 radical (unpaired) electrons. The number of benzene rings is 2. The number of hydrogen-bond donors (Lipinski definition) is 1. The molecule has 192 valence electrons. The summed E-state index contributed by atoms with van der Waals surface area (Å²) in [4.78, 5) is 30.3. The van der Waals surface area contributed by atoms with Crippen molar-refractivity contribution in [1.82, 2.24) is 9.80 Å². The molecule has 0 bridgehead atoms. The number of ketones is 1. The number of aryl methyl sites for hydroxylation is 1. The highest BCUT2D eigenvalue weighted by Gasteiger charge is 2.46. The number of carbonyl (C=O) groups is 2. The number of Topliss-reactive ketones (excluding diaryl/α,β-unsaturated/α-hetero) is 1. The van der Waals surface area contributed by atoms with Crippen LogP contribution in [0.15, 0.2) is 48.0 Å². The van der Waals surface area contributed by atoms with E-state index < -0.39 is 17.7 Å². The summed E-state index contributed by atoms with van der Waals surface area (Å²) in [6, 6.07) is 11.9. The molecule has 8 heteroatoms. The Kier molecular flexibility index (Phi) is 8.28. The number of ether oxygens (including phenoxy) is 3. The van der Waals surface area contributed by atoms with Gasteiger partial charge in [0.25, 0.3) is 11.7 Å². The number of amides is 1. The fourth-order valence-electron chi connectivity index (χ4n) is 4.58. The lowest BCUT2D eigenvalue weighted by Gasteiger charge is -2.31. The Bertz CT molecular complexity index is 1120. The Morgan fingerprint density at radius 2 is 1.78 bits per heavy atom. The highest BCUT2D eigenvalue weighted by atomic mass is 16.5. The molecule has 36 heavy (non-hydrogen) atoms. The monoisotopic (exact) mass is 494 g/mol. The molecule has 1 amide bonds. The molecule has 2 aliphatic heterocycles. The van der Waals surface area contributed by atoms with Crippen molar-refractivity contribution in [1.29, 1.82) is 0 Å². The summed E-state index contributed by atoms with van der Waals surface area (Å²) in [7, 11) is 1.56. The molecule has 2 aliphatic rings. The Hall–Kier alpha value is -3.36. The van der Waals surface area contributed by atoms with Crippen LogP contribution in [0.3, 0.4) is 0 Å². The average molecular weight is 495 g/mol. The molecule has 0 aromatic heterocycles. The fraction of sp³-hybridized carbons (Fsp3) is 0.429. The molecule has 2 heterocycles. The Morgan fingerprint density at radius 3 is 2.44 bits per heavy atom. The summed E-state index contributed by atoms with van der Waals surface area (Å²) in [5, 5.41) is 11.3. The maximum atomic E-state index is 13.3. The second-order valence-electron chi connectivity index (χ2n) is 9.07. The van der Waals surface area contributed by atoms with Gasteiger partial charge in [-0.05, 0) is 31.0 Å². The van der Waals surface area contributed by atoms with E-state index >= 15 is 0 Å². The number of carbonyl (C=O) groups excluding carboxylic acids is 2. The highest BCUT2D eigenvalue weighted by Crippen LogP contribution is 2.42. The lowest BCUT2D eigenvalue weighted by atomic mass is 9.94. The predicted molar refractivity (Wildman–Crippen MR) is 136 cm³/mol. The van der Waals surface area contributed by atoms with E-state index in [0.29, 0.717) is 55.5 Å². The maximum absolute atomic E-state index is 13.3. The first kappa shape index (κ1) is 25.7. The number of aliphatic hydroxyl groups is 1. The van der Waals surface area contributed by atoms with E-state index in [1.54, 1.807) is 36.3 Å². The third-order valence-corrected chi connectivity index (χ3v) is 6.59. The van der Waals surface area contributed by atoms with Gasteiger partial charge >= 0.3 is 0 Å². The summed E-state index contributed by atoms with van der Waals surface area (Å²) in [5.41, 5.74) is 2.27. The maximum Gasteiger partial charge on any atom is 0.295 e. The highest BCUT2D eigenvalue weighted by molar-refractivity contribution is 6.46. The zero-order chi connectivity index (χ0) is 25.7. The van der Waals surface area contributed by atoms with Crippen LogP contribution in [0.2, 0.25) is 0 Å². The molecular formula is C28H34N2O6. The third-order valence-electron chi connectivity index (χ3n) is 6.59. The summed E-state index contributed by atoms with van der Waals surface area (Å²) in [6.45, 7) is 8.29. The summed E-state index contributed by atoms with van der Waals surface area (Å²) < 4.78 is 16.8. The van der Waals surface area contributed by atoms with Gasteiger partial charge in [0.15, 0.2) is 11.5 Å². The van der Waals surface area contributed by atoms with Gasteiger partial charge in [0.05, 0.1) is 38.5 Å². The van der Waals surface area contributed by atoms with Crippen LogP contribution in [0.25, 0.3) is 5.76 Å². The lowest BCUT2D eigenvalue weighted by Crippen LogP contribution is -2.42. The van der Waals surface area contributed by atoms with E-state index in [4.69, 9.17) is 14.2 Å². The minimum absolute atomic E-state index is 0.0788. The Labute approximate surface area is 212 Å². The fourth-order valence-corrected chi connectivity index (χ4v) is 4.58.